The van der Waals surface area contributed by atoms with Crippen LogP contribution < -0.4 is 0 Å². The summed E-state index contributed by atoms with van der Waals surface area (Å²) in [4.78, 5) is 0. The van der Waals surface area contributed by atoms with Crippen LogP contribution in [0.15, 0.2) is 18.2 Å². The third-order valence-corrected chi connectivity index (χ3v) is 3.74. The first kappa shape index (κ1) is 13.4. The lowest BCUT2D eigenvalue weighted by Crippen LogP contribution is -2.01. The van der Waals surface area contributed by atoms with Crippen LogP contribution in [0.1, 0.15) is 30.0 Å². The molecule has 0 aliphatic rings. The molecule has 96 valence electrons. The molecule has 0 fully saturated rings. The van der Waals surface area contributed by atoms with Crippen molar-refractivity contribution in [3.63, 3.8) is 0 Å². The van der Waals surface area contributed by atoms with Crippen LogP contribution in [0.5, 0.6) is 0 Å². The summed E-state index contributed by atoms with van der Waals surface area (Å²) in [5.74, 6) is 0. The molecule has 0 saturated carbocycles. The standard InChI is InChI=1S/C13H14Cl2N2O/c1-7-13(15)8(2)17(16-7)12-5-4-10(9(3)18)6-11(12)14/h4-6,9,18H,1-3H3. The van der Waals surface area contributed by atoms with E-state index in [-0.39, 0.29) is 0 Å². The van der Waals surface area contributed by atoms with Crippen molar-refractivity contribution >= 4 is 23.2 Å². The molecule has 0 amide bonds. The van der Waals surface area contributed by atoms with E-state index in [9.17, 15) is 5.11 Å². The number of hydrogen-bond acceptors (Lipinski definition) is 2. The molecule has 1 heterocycles. The van der Waals surface area contributed by atoms with E-state index in [4.69, 9.17) is 23.2 Å². The minimum Gasteiger partial charge on any atom is -0.389 e. The van der Waals surface area contributed by atoms with Gasteiger partial charge in [-0.15, -0.1) is 0 Å². The summed E-state index contributed by atoms with van der Waals surface area (Å²) in [5, 5.41) is 15.0. The Labute approximate surface area is 116 Å². The van der Waals surface area contributed by atoms with Gasteiger partial charge in [0.1, 0.15) is 0 Å². The Morgan fingerprint density at radius 1 is 1.28 bits per heavy atom. The first-order valence-corrected chi connectivity index (χ1v) is 6.37. The summed E-state index contributed by atoms with van der Waals surface area (Å²) in [7, 11) is 0. The summed E-state index contributed by atoms with van der Waals surface area (Å²) in [5.41, 5.74) is 3.15. The zero-order valence-electron chi connectivity index (χ0n) is 10.4. The number of nitrogens with zero attached hydrogens (tertiary/aromatic N) is 2. The van der Waals surface area contributed by atoms with Crippen LogP contribution in [-0.4, -0.2) is 14.9 Å². The van der Waals surface area contributed by atoms with Crippen molar-refractivity contribution in [3.05, 3.63) is 45.2 Å². The van der Waals surface area contributed by atoms with Gasteiger partial charge in [-0.2, -0.15) is 5.10 Å². The van der Waals surface area contributed by atoms with E-state index >= 15 is 0 Å². The molecule has 1 unspecified atom stereocenters. The van der Waals surface area contributed by atoms with Crippen molar-refractivity contribution in [3.8, 4) is 5.69 Å². The number of aryl methyl sites for hydroxylation is 1. The predicted molar refractivity (Wildman–Crippen MR) is 73.7 cm³/mol. The van der Waals surface area contributed by atoms with E-state index < -0.39 is 6.10 Å². The summed E-state index contributed by atoms with van der Waals surface area (Å²) in [6.45, 7) is 5.44. The average molecular weight is 285 g/mol. The highest BCUT2D eigenvalue weighted by Crippen LogP contribution is 2.28. The van der Waals surface area contributed by atoms with Crippen LogP contribution in [0.3, 0.4) is 0 Å². The number of hydrogen-bond donors (Lipinski definition) is 1. The topological polar surface area (TPSA) is 38.0 Å². The van der Waals surface area contributed by atoms with Gasteiger partial charge in [-0.25, -0.2) is 4.68 Å². The highest BCUT2D eigenvalue weighted by Gasteiger charge is 2.14. The molecule has 0 spiro atoms. The van der Waals surface area contributed by atoms with Crippen molar-refractivity contribution in [2.24, 2.45) is 0 Å². The van der Waals surface area contributed by atoms with Gasteiger partial charge in [0.15, 0.2) is 0 Å². The minimum absolute atomic E-state index is 0.538. The molecule has 1 N–H and O–H groups in total. The van der Waals surface area contributed by atoms with Gasteiger partial charge in [0.05, 0.1) is 33.2 Å². The maximum Gasteiger partial charge on any atom is 0.0848 e. The SMILES string of the molecule is Cc1nn(-c2ccc(C(C)O)cc2Cl)c(C)c1Cl. The Morgan fingerprint density at radius 2 is 1.94 bits per heavy atom. The number of aliphatic hydroxyl groups is 1. The number of aliphatic hydroxyl groups excluding tert-OH is 1. The smallest absolute Gasteiger partial charge is 0.0848 e. The molecule has 0 radical (unpaired) electrons. The molecule has 0 aliphatic carbocycles. The van der Waals surface area contributed by atoms with E-state index in [1.54, 1.807) is 17.7 Å². The maximum absolute atomic E-state index is 9.51. The summed E-state index contributed by atoms with van der Waals surface area (Å²) in [6.07, 6.45) is -0.541. The lowest BCUT2D eigenvalue weighted by atomic mass is 10.1. The Morgan fingerprint density at radius 3 is 2.39 bits per heavy atom. The second kappa shape index (κ2) is 4.92. The number of aromatic nitrogens is 2. The van der Waals surface area contributed by atoms with Crippen LogP contribution in [0.25, 0.3) is 5.69 Å². The third-order valence-electron chi connectivity index (χ3n) is 2.89. The molecule has 5 heteroatoms. The minimum atomic E-state index is -0.541. The van der Waals surface area contributed by atoms with Crippen LogP contribution >= 0.6 is 23.2 Å². The molecular formula is C13H14Cl2N2O. The first-order chi connectivity index (χ1) is 8.41. The maximum atomic E-state index is 9.51. The summed E-state index contributed by atoms with van der Waals surface area (Å²) < 4.78 is 1.71. The fourth-order valence-electron chi connectivity index (χ4n) is 1.81. The van der Waals surface area contributed by atoms with Gasteiger partial charge in [-0.3, -0.25) is 0 Å². The highest BCUT2D eigenvalue weighted by atomic mass is 35.5. The Kier molecular flexibility index (Phi) is 3.66. The lowest BCUT2D eigenvalue weighted by molar-refractivity contribution is 0.199. The molecule has 0 aliphatic heterocycles. The van der Waals surface area contributed by atoms with Gasteiger partial charge >= 0.3 is 0 Å². The number of halogens is 2. The Bertz CT molecular complexity index is 591. The molecule has 3 nitrogen and oxygen atoms in total. The van der Waals surface area contributed by atoms with E-state index in [2.05, 4.69) is 5.10 Å². The van der Waals surface area contributed by atoms with E-state index in [1.165, 1.54) is 0 Å². The van der Waals surface area contributed by atoms with Gasteiger partial charge in [-0.05, 0) is 38.5 Å². The molecular weight excluding hydrogens is 271 g/mol. The molecule has 2 rings (SSSR count). The zero-order chi connectivity index (χ0) is 13.4. The number of benzene rings is 1. The number of rotatable bonds is 2. The molecule has 2 aromatic rings. The third kappa shape index (κ3) is 2.26. The van der Waals surface area contributed by atoms with E-state index in [1.807, 2.05) is 26.0 Å². The fourth-order valence-corrected chi connectivity index (χ4v) is 2.20. The molecule has 1 atom stereocenters. The van der Waals surface area contributed by atoms with Crippen molar-refractivity contribution in [2.75, 3.05) is 0 Å². The van der Waals surface area contributed by atoms with Crippen molar-refractivity contribution < 1.29 is 5.11 Å². The Balaban J connectivity index is 2.54. The Hall–Kier alpha value is -1.03. The molecule has 0 bridgehead atoms. The first-order valence-electron chi connectivity index (χ1n) is 5.61. The quantitative estimate of drug-likeness (QED) is 0.910. The normalized spacial score (nSPS) is 12.8. The molecule has 1 aromatic heterocycles. The second-order valence-corrected chi connectivity index (χ2v) is 5.07. The average Bonchev–Trinajstić information content (AvgIpc) is 2.57. The van der Waals surface area contributed by atoms with Crippen LogP contribution in [0, 0.1) is 13.8 Å². The zero-order valence-corrected chi connectivity index (χ0v) is 11.9. The lowest BCUT2D eigenvalue weighted by Gasteiger charge is -2.10. The van der Waals surface area contributed by atoms with E-state index in [0.29, 0.717) is 10.0 Å². The van der Waals surface area contributed by atoms with Crippen molar-refractivity contribution in [1.82, 2.24) is 9.78 Å². The van der Waals surface area contributed by atoms with E-state index in [0.717, 1.165) is 22.6 Å². The van der Waals surface area contributed by atoms with Crippen LogP contribution in [0.2, 0.25) is 10.0 Å². The van der Waals surface area contributed by atoms with Crippen molar-refractivity contribution in [1.29, 1.82) is 0 Å². The van der Waals surface area contributed by atoms with Gasteiger partial charge in [0, 0.05) is 0 Å². The second-order valence-electron chi connectivity index (χ2n) is 4.28. The predicted octanol–water partition coefficient (Wildman–Crippen LogP) is 3.85. The van der Waals surface area contributed by atoms with Crippen LogP contribution in [0.4, 0.5) is 0 Å². The van der Waals surface area contributed by atoms with Gasteiger partial charge in [0.2, 0.25) is 0 Å². The molecule has 18 heavy (non-hydrogen) atoms. The van der Waals surface area contributed by atoms with Gasteiger partial charge < -0.3 is 5.11 Å². The summed E-state index contributed by atoms with van der Waals surface area (Å²) in [6, 6.07) is 5.41. The fraction of sp³-hybridized carbons (Fsp3) is 0.308. The largest absolute Gasteiger partial charge is 0.389 e. The molecule has 0 saturated heterocycles. The highest BCUT2D eigenvalue weighted by molar-refractivity contribution is 6.33. The monoisotopic (exact) mass is 284 g/mol. The van der Waals surface area contributed by atoms with Gasteiger partial charge in [-0.1, -0.05) is 29.3 Å². The summed E-state index contributed by atoms with van der Waals surface area (Å²) >= 11 is 12.3. The van der Waals surface area contributed by atoms with Crippen molar-refractivity contribution in [2.45, 2.75) is 26.9 Å². The molecule has 1 aromatic carbocycles. The van der Waals surface area contributed by atoms with Crippen LogP contribution in [-0.2, 0) is 0 Å². The van der Waals surface area contributed by atoms with Gasteiger partial charge in [0.25, 0.3) is 0 Å².